The topological polar surface area (TPSA) is 47.4 Å². The lowest BCUT2D eigenvalue weighted by atomic mass is 10.0. The number of rotatable bonds is 9. The number of ether oxygens (including phenoxy) is 1. The summed E-state index contributed by atoms with van der Waals surface area (Å²) in [4.78, 5) is 15.6. The molecule has 1 amide bonds. The predicted molar refractivity (Wildman–Crippen MR) is 143 cm³/mol. The molecule has 190 valence electrons. The van der Waals surface area contributed by atoms with Crippen LogP contribution < -0.4 is 4.74 Å². The highest BCUT2D eigenvalue weighted by molar-refractivity contribution is 5.94. The third-order valence-electron chi connectivity index (χ3n) is 6.64. The smallest absolute Gasteiger partial charge is 0.254 e. The number of halogens is 1. The third-order valence-corrected chi connectivity index (χ3v) is 6.64. The number of carbonyl (C=O) groups excluding carboxylic acids is 1. The summed E-state index contributed by atoms with van der Waals surface area (Å²) >= 11 is 0. The minimum Gasteiger partial charge on any atom is -0.438 e. The van der Waals surface area contributed by atoms with Crippen molar-refractivity contribution in [1.82, 2.24) is 14.7 Å². The van der Waals surface area contributed by atoms with E-state index in [-0.39, 0.29) is 17.6 Å². The fourth-order valence-electron chi connectivity index (χ4n) is 4.46. The molecule has 3 aromatic carbocycles. The van der Waals surface area contributed by atoms with E-state index in [1.54, 1.807) is 16.8 Å². The zero-order valence-corrected chi connectivity index (χ0v) is 21.5. The molecule has 0 unspecified atom stereocenters. The molecule has 0 atom stereocenters. The summed E-state index contributed by atoms with van der Waals surface area (Å²) in [7, 11) is 0. The van der Waals surface area contributed by atoms with Crippen molar-refractivity contribution in [3.05, 3.63) is 107 Å². The molecule has 1 heterocycles. The quantitative estimate of drug-likeness (QED) is 0.244. The maximum atomic E-state index is 14.1. The van der Waals surface area contributed by atoms with Crippen LogP contribution in [0.1, 0.15) is 59.8 Å². The van der Waals surface area contributed by atoms with Crippen LogP contribution in [0.3, 0.4) is 0 Å². The lowest BCUT2D eigenvalue weighted by molar-refractivity contribution is 0.0733. The summed E-state index contributed by atoms with van der Waals surface area (Å²) in [5.41, 5.74) is 4.31. The minimum absolute atomic E-state index is 0.00854. The predicted octanol–water partition coefficient (Wildman–Crippen LogP) is 7.29. The van der Waals surface area contributed by atoms with Crippen LogP contribution in [0, 0.1) is 18.7 Å². The van der Waals surface area contributed by atoms with Crippen LogP contribution in [0.4, 0.5) is 4.39 Å². The lowest BCUT2D eigenvalue weighted by Crippen LogP contribution is -2.33. The molecular formula is C31H32FN3O2. The van der Waals surface area contributed by atoms with Crippen molar-refractivity contribution in [2.75, 3.05) is 6.54 Å². The number of para-hydroxylation sites is 1. The molecule has 0 N–H and O–H groups in total. The molecular weight excluding hydrogens is 465 g/mol. The lowest BCUT2D eigenvalue weighted by Gasteiger charge is -2.24. The van der Waals surface area contributed by atoms with Crippen molar-refractivity contribution in [1.29, 1.82) is 0 Å². The second-order valence-corrected chi connectivity index (χ2v) is 10.1. The van der Waals surface area contributed by atoms with E-state index in [0.29, 0.717) is 36.2 Å². The number of amides is 1. The number of nitrogens with zero attached hydrogens (tertiary/aromatic N) is 3. The van der Waals surface area contributed by atoms with Crippen LogP contribution in [0.25, 0.3) is 5.69 Å². The van der Waals surface area contributed by atoms with Gasteiger partial charge >= 0.3 is 0 Å². The Morgan fingerprint density at radius 3 is 2.43 bits per heavy atom. The van der Waals surface area contributed by atoms with Gasteiger partial charge in [0.15, 0.2) is 0 Å². The first-order chi connectivity index (χ1) is 17.9. The third kappa shape index (κ3) is 5.74. The number of benzene rings is 3. The van der Waals surface area contributed by atoms with Gasteiger partial charge in [-0.2, -0.15) is 5.10 Å². The SMILES string of the molecule is Cc1ccc(C(=O)N(Cc2c(C(C)C)nn(-c3ccccc3)c2Oc2cccc(F)c2)CC2CC2)cc1. The van der Waals surface area contributed by atoms with E-state index in [2.05, 4.69) is 13.8 Å². The first-order valence-corrected chi connectivity index (χ1v) is 12.9. The highest BCUT2D eigenvalue weighted by Crippen LogP contribution is 2.37. The van der Waals surface area contributed by atoms with Gasteiger partial charge in [0.05, 0.1) is 23.5 Å². The number of aromatic nitrogens is 2. The second-order valence-electron chi connectivity index (χ2n) is 10.1. The fraction of sp³-hybridized carbons (Fsp3) is 0.290. The van der Waals surface area contributed by atoms with Crippen molar-refractivity contribution in [3.8, 4) is 17.3 Å². The van der Waals surface area contributed by atoms with Crippen LogP contribution in [0.15, 0.2) is 78.9 Å². The first kappa shape index (κ1) is 24.8. The van der Waals surface area contributed by atoms with Crippen molar-refractivity contribution >= 4 is 5.91 Å². The van der Waals surface area contributed by atoms with Crippen molar-refractivity contribution < 1.29 is 13.9 Å². The van der Waals surface area contributed by atoms with Gasteiger partial charge in [-0.1, -0.05) is 55.8 Å². The molecule has 1 aliphatic carbocycles. The molecule has 0 spiro atoms. The van der Waals surface area contributed by atoms with Gasteiger partial charge in [0.2, 0.25) is 5.88 Å². The summed E-state index contributed by atoms with van der Waals surface area (Å²) < 4.78 is 22.2. The first-order valence-electron chi connectivity index (χ1n) is 12.9. The van der Waals surface area contributed by atoms with E-state index < -0.39 is 0 Å². The van der Waals surface area contributed by atoms with E-state index in [9.17, 15) is 9.18 Å². The van der Waals surface area contributed by atoms with Crippen molar-refractivity contribution in [2.24, 2.45) is 5.92 Å². The molecule has 0 radical (unpaired) electrons. The second kappa shape index (κ2) is 10.6. The Balaban J connectivity index is 1.60. The Morgan fingerprint density at radius 2 is 1.78 bits per heavy atom. The van der Waals surface area contributed by atoms with Crippen LogP contribution >= 0.6 is 0 Å². The Bertz CT molecular complexity index is 1380. The molecule has 0 saturated heterocycles. The van der Waals surface area contributed by atoms with Crippen molar-refractivity contribution in [3.63, 3.8) is 0 Å². The molecule has 5 rings (SSSR count). The molecule has 4 aromatic rings. The fourth-order valence-corrected chi connectivity index (χ4v) is 4.46. The maximum Gasteiger partial charge on any atom is 0.254 e. The Hall–Kier alpha value is -3.93. The van der Waals surface area contributed by atoms with E-state index in [1.807, 2.05) is 66.4 Å². The maximum absolute atomic E-state index is 14.1. The van der Waals surface area contributed by atoms with Crippen molar-refractivity contribution in [2.45, 2.75) is 46.1 Å². The summed E-state index contributed by atoms with van der Waals surface area (Å²) in [6, 6.07) is 23.6. The van der Waals surface area contributed by atoms with Gasteiger partial charge in [0, 0.05) is 18.2 Å². The molecule has 37 heavy (non-hydrogen) atoms. The van der Waals surface area contributed by atoms with Gasteiger partial charge < -0.3 is 9.64 Å². The Labute approximate surface area is 217 Å². The zero-order chi connectivity index (χ0) is 25.9. The average Bonchev–Trinajstić information content (AvgIpc) is 3.64. The van der Waals surface area contributed by atoms with Crippen LogP contribution in [0.5, 0.6) is 11.6 Å². The van der Waals surface area contributed by atoms with Gasteiger partial charge in [0.25, 0.3) is 5.91 Å². The largest absolute Gasteiger partial charge is 0.438 e. The zero-order valence-electron chi connectivity index (χ0n) is 21.5. The van der Waals surface area contributed by atoms with E-state index >= 15 is 0 Å². The number of hydrogen-bond acceptors (Lipinski definition) is 3. The standard InChI is InChI=1S/C31H32FN3O2/c1-21(2)29-28(20-34(19-23-14-15-23)30(36)24-16-12-22(3)13-17-24)31(37-27-11-7-8-25(32)18-27)35(33-29)26-9-5-4-6-10-26/h4-13,16-18,21,23H,14-15,19-20H2,1-3H3. The summed E-state index contributed by atoms with van der Waals surface area (Å²) in [6.07, 6.45) is 2.26. The van der Waals surface area contributed by atoms with Gasteiger partial charge in [-0.15, -0.1) is 0 Å². The molecule has 1 fully saturated rings. The van der Waals surface area contributed by atoms with Gasteiger partial charge in [-0.05, 0) is 68.0 Å². The molecule has 1 saturated carbocycles. The number of hydrogen-bond donors (Lipinski definition) is 0. The van der Waals surface area contributed by atoms with Crippen LogP contribution in [-0.2, 0) is 6.54 Å². The summed E-state index contributed by atoms with van der Waals surface area (Å²) in [5.74, 6) is 1.09. The normalized spacial score (nSPS) is 13.1. The molecule has 0 aliphatic heterocycles. The minimum atomic E-state index is -0.376. The van der Waals surface area contributed by atoms with E-state index in [4.69, 9.17) is 9.84 Å². The van der Waals surface area contributed by atoms with Crippen LogP contribution in [0.2, 0.25) is 0 Å². The summed E-state index contributed by atoms with van der Waals surface area (Å²) in [6.45, 7) is 7.22. The van der Waals surface area contributed by atoms with Gasteiger partial charge in [-0.3, -0.25) is 4.79 Å². The van der Waals surface area contributed by atoms with E-state index in [1.165, 1.54) is 12.1 Å². The Kier molecular flexibility index (Phi) is 7.08. The Morgan fingerprint density at radius 1 is 1.05 bits per heavy atom. The number of carbonyl (C=O) groups is 1. The molecule has 1 aliphatic rings. The highest BCUT2D eigenvalue weighted by atomic mass is 19.1. The average molecular weight is 498 g/mol. The summed E-state index contributed by atoms with van der Waals surface area (Å²) in [5, 5.41) is 4.95. The molecule has 1 aromatic heterocycles. The molecule has 0 bridgehead atoms. The highest BCUT2D eigenvalue weighted by Gasteiger charge is 2.31. The molecule has 5 nitrogen and oxygen atoms in total. The number of aryl methyl sites for hydroxylation is 1. The van der Waals surface area contributed by atoms with Gasteiger partial charge in [-0.25, -0.2) is 9.07 Å². The van der Waals surface area contributed by atoms with E-state index in [0.717, 1.165) is 35.3 Å². The van der Waals surface area contributed by atoms with Gasteiger partial charge in [0.1, 0.15) is 11.6 Å². The molecule has 6 heteroatoms. The van der Waals surface area contributed by atoms with Crippen LogP contribution in [-0.4, -0.2) is 27.1 Å². The monoisotopic (exact) mass is 497 g/mol.